The van der Waals surface area contributed by atoms with Crippen LogP contribution in [0.2, 0.25) is 20.1 Å². The number of carbonyl (C=O) groups is 6. The zero-order valence-electron chi connectivity index (χ0n) is 34.1. The zero-order chi connectivity index (χ0) is 46.8. The highest BCUT2D eigenvalue weighted by molar-refractivity contribution is 6.40. The van der Waals surface area contributed by atoms with Crippen molar-refractivity contribution >= 4 is 139 Å². The predicted molar refractivity (Wildman–Crippen MR) is 252 cm³/mol. The highest BCUT2D eigenvalue weighted by atomic mass is 35.5. The second-order valence-electron chi connectivity index (χ2n) is 13.9. The first kappa shape index (κ1) is 49.3. The van der Waals surface area contributed by atoms with E-state index in [1.807, 2.05) is 0 Å². The lowest BCUT2D eigenvalue weighted by Crippen LogP contribution is -2.32. The first-order valence-electron chi connectivity index (χ1n) is 19.0. The van der Waals surface area contributed by atoms with Gasteiger partial charge in [0.05, 0.1) is 59.0 Å². The van der Waals surface area contributed by atoms with E-state index in [9.17, 15) is 28.8 Å². The Labute approximate surface area is 397 Å². The molecule has 4 unspecified atom stereocenters. The molecule has 0 spiro atoms. The van der Waals surface area contributed by atoms with E-state index in [-0.39, 0.29) is 59.3 Å². The molecular weight excluding hydrogens is 949 g/mol. The molecule has 0 bridgehead atoms. The molecule has 0 aliphatic carbocycles. The average Bonchev–Trinajstić information content (AvgIpc) is 3.23. The molecule has 0 radical (unpaired) electrons. The van der Waals surface area contributed by atoms with Crippen LogP contribution in [0.25, 0.3) is 0 Å². The number of hydrogen-bond acceptors (Lipinski definition) is 10. The smallest absolute Gasteiger partial charge is 0.258 e. The predicted octanol–water partition coefficient (Wildman–Crippen LogP) is 12.8. The molecule has 0 saturated heterocycles. The SMILES string of the molecule is CC(=O)C(N=Nc1ccc(Cl)c(C(=O)Nc2ccccc2C(C)Cl)c1)C(=O)Nc1cc(Cl)c(NC(=O)C(N=Nc2ccc(Cl)c(C(=O)Nc3ccccc3C(C)Cl)c2)C(C)=O)c(Cl)c1. The third-order valence-corrected chi connectivity index (χ3v) is 10.8. The summed E-state index contributed by atoms with van der Waals surface area (Å²) in [5.41, 5.74) is 2.54. The molecule has 20 heteroatoms. The van der Waals surface area contributed by atoms with Gasteiger partial charge in [-0.2, -0.15) is 20.5 Å². The molecule has 4 amide bonds. The molecule has 330 valence electrons. The van der Waals surface area contributed by atoms with Gasteiger partial charge < -0.3 is 21.3 Å². The molecule has 5 rings (SSSR count). The Morgan fingerprint density at radius 3 is 1.28 bits per heavy atom. The number of Topliss-reactive ketones (excluding diaryl/α,β-unsaturated/α-hetero) is 2. The zero-order valence-corrected chi connectivity index (χ0v) is 38.6. The van der Waals surface area contributed by atoms with E-state index < -0.39 is 52.7 Å². The molecule has 0 fully saturated rings. The van der Waals surface area contributed by atoms with Crippen LogP contribution < -0.4 is 21.3 Å². The highest BCUT2D eigenvalue weighted by Gasteiger charge is 2.27. The molecule has 0 saturated carbocycles. The first-order chi connectivity index (χ1) is 30.3. The monoisotopic (exact) mass is 982 g/mol. The van der Waals surface area contributed by atoms with Gasteiger partial charge in [-0.1, -0.05) is 82.8 Å². The van der Waals surface area contributed by atoms with Crippen molar-refractivity contribution in [3.8, 4) is 0 Å². The maximum atomic E-state index is 13.3. The van der Waals surface area contributed by atoms with E-state index >= 15 is 0 Å². The van der Waals surface area contributed by atoms with Crippen molar-refractivity contribution in [2.45, 2.75) is 50.5 Å². The van der Waals surface area contributed by atoms with Crippen LogP contribution in [0, 0.1) is 0 Å². The van der Waals surface area contributed by atoms with Crippen molar-refractivity contribution < 1.29 is 28.8 Å². The van der Waals surface area contributed by atoms with Gasteiger partial charge in [0.2, 0.25) is 12.1 Å². The molecule has 4 N–H and O–H groups in total. The van der Waals surface area contributed by atoms with Gasteiger partial charge in [0.15, 0.2) is 11.6 Å². The van der Waals surface area contributed by atoms with Crippen molar-refractivity contribution in [1.29, 1.82) is 0 Å². The fraction of sp³-hybridized carbons (Fsp3) is 0.182. The van der Waals surface area contributed by atoms with Crippen molar-refractivity contribution in [2.75, 3.05) is 21.3 Å². The van der Waals surface area contributed by atoms with Crippen LogP contribution in [0.1, 0.15) is 70.3 Å². The van der Waals surface area contributed by atoms with Crippen LogP contribution in [0.5, 0.6) is 0 Å². The van der Waals surface area contributed by atoms with Gasteiger partial charge in [-0.15, -0.1) is 23.2 Å². The van der Waals surface area contributed by atoms with Gasteiger partial charge in [-0.3, -0.25) is 28.8 Å². The van der Waals surface area contributed by atoms with Crippen LogP contribution in [-0.4, -0.2) is 47.3 Å². The number of benzene rings is 5. The van der Waals surface area contributed by atoms with E-state index in [1.165, 1.54) is 48.5 Å². The summed E-state index contributed by atoms with van der Waals surface area (Å²) in [4.78, 5) is 78.2. The van der Waals surface area contributed by atoms with Gasteiger partial charge >= 0.3 is 0 Å². The summed E-state index contributed by atoms with van der Waals surface area (Å²) in [7, 11) is 0. The van der Waals surface area contributed by atoms with E-state index in [0.29, 0.717) is 22.5 Å². The van der Waals surface area contributed by atoms with Gasteiger partial charge in [-0.05, 0) is 99.5 Å². The quantitative estimate of drug-likeness (QED) is 0.0430. The second kappa shape index (κ2) is 22.2. The number of halogens is 6. The van der Waals surface area contributed by atoms with Crippen molar-refractivity contribution in [2.24, 2.45) is 20.5 Å². The second-order valence-corrected chi connectivity index (χ2v) is 16.8. The number of amides is 4. The Kier molecular flexibility index (Phi) is 17.1. The number of nitrogens with one attached hydrogen (secondary N) is 4. The Bertz CT molecular complexity index is 2690. The summed E-state index contributed by atoms with van der Waals surface area (Å²) in [5, 5.41) is 25.5. The Hall–Kier alpha value is -5.74. The van der Waals surface area contributed by atoms with Gasteiger partial charge in [-0.25, -0.2) is 0 Å². The van der Waals surface area contributed by atoms with Crippen LogP contribution in [0.4, 0.5) is 34.1 Å². The molecule has 5 aromatic rings. The van der Waals surface area contributed by atoms with Gasteiger partial charge in [0, 0.05) is 17.1 Å². The highest BCUT2D eigenvalue weighted by Crippen LogP contribution is 2.35. The summed E-state index contributed by atoms with van der Waals surface area (Å²) >= 11 is 38.1. The van der Waals surface area contributed by atoms with Crippen molar-refractivity contribution in [1.82, 2.24) is 0 Å². The number of carbonyl (C=O) groups excluding carboxylic acids is 6. The third-order valence-electron chi connectivity index (χ3n) is 9.07. The number of para-hydroxylation sites is 2. The number of rotatable bonds is 16. The third kappa shape index (κ3) is 12.7. The van der Waals surface area contributed by atoms with Crippen LogP contribution >= 0.6 is 69.6 Å². The summed E-state index contributed by atoms with van der Waals surface area (Å²) in [5.74, 6) is -4.35. The maximum Gasteiger partial charge on any atom is 0.258 e. The Morgan fingerprint density at radius 1 is 0.500 bits per heavy atom. The molecule has 0 aromatic heterocycles. The summed E-state index contributed by atoms with van der Waals surface area (Å²) < 4.78 is 0. The molecular formula is C44H36Cl6N8O6. The molecule has 0 heterocycles. The minimum Gasteiger partial charge on any atom is -0.324 e. The summed E-state index contributed by atoms with van der Waals surface area (Å²) in [6.07, 6.45) is 0. The topological polar surface area (TPSA) is 200 Å². The number of anilines is 4. The minimum atomic E-state index is -1.68. The van der Waals surface area contributed by atoms with E-state index in [2.05, 4.69) is 41.7 Å². The van der Waals surface area contributed by atoms with Crippen LogP contribution in [-0.2, 0) is 19.2 Å². The standard InChI is InChI=1S/C44H36Cl6N8O6/c1-21(45)28-9-5-7-11-36(28)52-41(61)30-17-25(13-15-32(30)47)55-57-38(23(3)59)43(63)51-27-19-34(49)40(35(50)20-27)54-44(64)39(24(4)60)58-56-26-14-16-33(48)31(18-26)42(62)53-37-12-8-6-10-29(37)22(2)46/h5-22,38-39H,1-4H3,(H,51,63)(H,52,61)(H,53,62)(H,54,64). The number of azo groups is 2. The minimum absolute atomic E-state index is 0.0162. The fourth-order valence-electron chi connectivity index (χ4n) is 5.85. The Morgan fingerprint density at radius 2 is 0.891 bits per heavy atom. The van der Waals surface area contributed by atoms with E-state index in [1.54, 1.807) is 62.4 Å². The van der Waals surface area contributed by atoms with Crippen LogP contribution in [0.15, 0.2) is 118 Å². The largest absolute Gasteiger partial charge is 0.324 e. The lowest BCUT2D eigenvalue weighted by Gasteiger charge is -2.15. The lowest BCUT2D eigenvalue weighted by atomic mass is 10.1. The van der Waals surface area contributed by atoms with Gasteiger partial charge in [0.1, 0.15) is 0 Å². The lowest BCUT2D eigenvalue weighted by molar-refractivity contribution is -0.127. The first-order valence-corrected chi connectivity index (χ1v) is 21.3. The Balaban J connectivity index is 1.26. The van der Waals surface area contributed by atoms with Gasteiger partial charge in [0.25, 0.3) is 23.6 Å². The molecule has 0 aliphatic rings. The molecule has 4 atom stereocenters. The van der Waals surface area contributed by atoms with E-state index in [4.69, 9.17) is 69.6 Å². The number of nitrogens with zero attached hydrogens (tertiary/aromatic N) is 4. The number of alkyl halides is 2. The fourth-order valence-corrected chi connectivity index (χ4v) is 7.21. The average molecular weight is 986 g/mol. The van der Waals surface area contributed by atoms with Crippen molar-refractivity contribution in [3.05, 3.63) is 139 Å². The molecule has 64 heavy (non-hydrogen) atoms. The van der Waals surface area contributed by atoms with E-state index in [0.717, 1.165) is 13.8 Å². The molecule has 5 aromatic carbocycles. The normalized spacial score (nSPS) is 13.2. The maximum absolute atomic E-state index is 13.3. The van der Waals surface area contributed by atoms with Crippen LogP contribution in [0.3, 0.4) is 0 Å². The summed E-state index contributed by atoms with van der Waals surface area (Å²) in [6.45, 7) is 5.78. The molecule has 14 nitrogen and oxygen atoms in total. The molecule has 0 aliphatic heterocycles. The van der Waals surface area contributed by atoms with Crippen molar-refractivity contribution in [3.63, 3.8) is 0 Å². The summed E-state index contributed by atoms with van der Waals surface area (Å²) in [6, 6.07) is 21.5. The number of ketones is 2. The number of hydrogen-bond donors (Lipinski definition) is 4.